The largest absolute Gasteiger partial charge is 0.257 e. The highest BCUT2D eigenvalue weighted by atomic mass is 32.1. The van der Waals surface area contributed by atoms with Crippen LogP contribution in [0, 0.1) is 4.64 Å². The zero-order valence-corrected chi connectivity index (χ0v) is 7.51. The molecule has 2 aromatic rings. The molecule has 0 amide bonds. The van der Waals surface area contributed by atoms with Crippen molar-refractivity contribution in [3.8, 4) is 0 Å². The molecule has 0 saturated carbocycles. The number of hydrogen-bond acceptors (Lipinski definition) is 2. The number of nitrogens with zero attached hydrogens (tertiary/aromatic N) is 2. The maximum Gasteiger partial charge on any atom is 0.130 e. The first-order chi connectivity index (χ1) is 5.79. The Bertz CT molecular complexity index is 473. The summed E-state index contributed by atoms with van der Waals surface area (Å²) in [4.78, 5) is 0. The van der Waals surface area contributed by atoms with Crippen LogP contribution in [0.1, 0.15) is 0 Å². The molecule has 0 aliphatic rings. The second kappa shape index (κ2) is 2.68. The van der Waals surface area contributed by atoms with E-state index >= 15 is 0 Å². The number of fused-ring (bicyclic) bond motifs is 1. The van der Waals surface area contributed by atoms with Gasteiger partial charge in [-0.15, -0.1) is 0 Å². The lowest BCUT2D eigenvalue weighted by Crippen LogP contribution is -1.97. The zero-order chi connectivity index (χ0) is 8.55. The van der Waals surface area contributed by atoms with Gasteiger partial charge in [0.15, 0.2) is 0 Å². The highest BCUT2D eigenvalue weighted by Gasteiger charge is 1.94. The predicted molar refractivity (Wildman–Crippen MR) is 51.5 cm³/mol. The number of benzene rings is 1. The van der Waals surface area contributed by atoms with Gasteiger partial charge in [-0.3, -0.25) is 4.68 Å². The molecule has 3 heteroatoms. The second-order valence-electron chi connectivity index (χ2n) is 2.66. The molecule has 0 bridgehead atoms. The SMILES string of the molecule is Cn1ncc2ccccc2c1=S. The van der Waals surface area contributed by atoms with Crippen molar-refractivity contribution in [2.24, 2.45) is 7.05 Å². The third kappa shape index (κ3) is 1.02. The number of aromatic nitrogens is 2. The topological polar surface area (TPSA) is 17.8 Å². The van der Waals surface area contributed by atoms with Crippen LogP contribution in [0.2, 0.25) is 0 Å². The van der Waals surface area contributed by atoms with E-state index in [0.717, 1.165) is 15.4 Å². The predicted octanol–water partition coefficient (Wildman–Crippen LogP) is 2.30. The lowest BCUT2D eigenvalue weighted by Gasteiger charge is -2.00. The van der Waals surface area contributed by atoms with Crippen molar-refractivity contribution < 1.29 is 0 Å². The first-order valence-electron chi connectivity index (χ1n) is 3.70. The minimum absolute atomic E-state index is 0.785. The number of aryl methyl sites for hydroxylation is 1. The molecule has 0 N–H and O–H groups in total. The summed E-state index contributed by atoms with van der Waals surface area (Å²) in [6.45, 7) is 0. The molecule has 2 nitrogen and oxygen atoms in total. The fraction of sp³-hybridized carbons (Fsp3) is 0.111. The van der Waals surface area contributed by atoms with E-state index in [1.54, 1.807) is 4.68 Å². The molecule has 0 unspecified atom stereocenters. The Morgan fingerprint density at radius 3 is 2.92 bits per heavy atom. The maximum atomic E-state index is 5.20. The maximum absolute atomic E-state index is 5.20. The van der Waals surface area contributed by atoms with Crippen molar-refractivity contribution in [3.63, 3.8) is 0 Å². The molecule has 0 saturated heterocycles. The summed E-state index contributed by atoms with van der Waals surface area (Å²) in [6, 6.07) is 7.99. The highest BCUT2D eigenvalue weighted by Crippen LogP contribution is 2.12. The van der Waals surface area contributed by atoms with Gasteiger partial charge in [-0.2, -0.15) is 5.10 Å². The van der Waals surface area contributed by atoms with Crippen molar-refractivity contribution in [2.45, 2.75) is 0 Å². The Morgan fingerprint density at radius 1 is 1.33 bits per heavy atom. The van der Waals surface area contributed by atoms with E-state index in [4.69, 9.17) is 12.2 Å². The van der Waals surface area contributed by atoms with Gasteiger partial charge in [0, 0.05) is 17.8 Å². The Labute approximate surface area is 75.5 Å². The van der Waals surface area contributed by atoms with Crippen molar-refractivity contribution >= 4 is 23.0 Å². The molecule has 0 fully saturated rings. The lowest BCUT2D eigenvalue weighted by atomic mass is 10.2. The average Bonchev–Trinajstić information content (AvgIpc) is 2.12. The highest BCUT2D eigenvalue weighted by molar-refractivity contribution is 7.71. The van der Waals surface area contributed by atoms with Gasteiger partial charge in [0.05, 0.1) is 6.20 Å². The van der Waals surface area contributed by atoms with Crippen molar-refractivity contribution in [2.75, 3.05) is 0 Å². The molecular formula is C9H8N2S. The van der Waals surface area contributed by atoms with Crippen molar-refractivity contribution in [3.05, 3.63) is 35.1 Å². The summed E-state index contributed by atoms with van der Waals surface area (Å²) in [5, 5.41) is 6.31. The first kappa shape index (κ1) is 7.43. The van der Waals surface area contributed by atoms with Crippen LogP contribution in [0.15, 0.2) is 30.5 Å². The van der Waals surface area contributed by atoms with Gasteiger partial charge in [0.2, 0.25) is 0 Å². The third-order valence-corrected chi connectivity index (χ3v) is 2.34. The smallest absolute Gasteiger partial charge is 0.130 e. The summed E-state index contributed by atoms with van der Waals surface area (Å²) in [5.41, 5.74) is 0. The Hall–Kier alpha value is -1.22. The zero-order valence-electron chi connectivity index (χ0n) is 6.69. The van der Waals surface area contributed by atoms with E-state index < -0.39 is 0 Å². The van der Waals surface area contributed by atoms with Gasteiger partial charge < -0.3 is 0 Å². The van der Waals surface area contributed by atoms with Crippen LogP contribution in [0.5, 0.6) is 0 Å². The lowest BCUT2D eigenvalue weighted by molar-refractivity contribution is 0.736. The fourth-order valence-electron chi connectivity index (χ4n) is 1.18. The quantitative estimate of drug-likeness (QED) is 0.573. The molecule has 0 spiro atoms. The van der Waals surface area contributed by atoms with Gasteiger partial charge in [0.1, 0.15) is 4.64 Å². The molecule has 0 aliphatic carbocycles. The van der Waals surface area contributed by atoms with Gasteiger partial charge in [-0.1, -0.05) is 36.5 Å². The Morgan fingerprint density at radius 2 is 2.08 bits per heavy atom. The van der Waals surface area contributed by atoms with E-state index in [1.807, 2.05) is 37.5 Å². The van der Waals surface area contributed by atoms with Crippen molar-refractivity contribution in [1.29, 1.82) is 0 Å². The standard InChI is InChI=1S/C9H8N2S/c1-11-9(12)8-5-3-2-4-7(8)6-10-11/h2-6H,1H3. The fourth-order valence-corrected chi connectivity index (χ4v) is 1.41. The van der Waals surface area contributed by atoms with E-state index in [1.165, 1.54) is 0 Å². The second-order valence-corrected chi connectivity index (χ2v) is 3.05. The van der Waals surface area contributed by atoms with E-state index in [0.29, 0.717) is 0 Å². The van der Waals surface area contributed by atoms with Crippen LogP contribution in [0.25, 0.3) is 10.8 Å². The molecule has 2 rings (SSSR count). The molecule has 60 valence electrons. The molecule has 0 atom stereocenters. The minimum Gasteiger partial charge on any atom is -0.257 e. The normalized spacial score (nSPS) is 10.4. The summed E-state index contributed by atoms with van der Waals surface area (Å²) < 4.78 is 2.49. The minimum atomic E-state index is 0.785. The van der Waals surface area contributed by atoms with Crippen LogP contribution < -0.4 is 0 Å². The molecule has 1 aromatic carbocycles. The summed E-state index contributed by atoms with van der Waals surface area (Å²) in [7, 11) is 1.86. The summed E-state index contributed by atoms with van der Waals surface area (Å²) in [5.74, 6) is 0. The van der Waals surface area contributed by atoms with Gasteiger partial charge in [-0.05, 0) is 0 Å². The third-order valence-electron chi connectivity index (χ3n) is 1.86. The van der Waals surface area contributed by atoms with Crippen LogP contribution in [-0.4, -0.2) is 9.78 Å². The molecule has 1 heterocycles. The van der Waals surface area contributed by atoms with E-state index in [-0.39, 0.29) is 0 Å². The van der Waals surface area contributed by atoms with E-state index in [2.05, 4.69) is 5.10 Å². The number of hydrogen-bond donors (Lipinski definition) is 0. The molecule has 0 radical (unpaired) electrons. The van der Waals surface area contributed by atoms with Gasteiger partial charge in [0.25, 0.3) is 0 Å². The Kier molecular flexibility index (Phi) is 1.66. The monoisotopic (exact) mass is 176 g/mol. The van der Waals surface area contributed by atoms with Crippen LogP contribution >= 0.6 is 12.2 Å². The molecule has 1 aromatic heterocycles. The van der Waals surface area contributed by atoms with Crippen LogP contribution in [0.3, 0.4) is 0 Å². The summed E-state index contributed by atoms with van der Waals surface area (Å²) >= 11 is 5.20. The van der Waals surface area contributed by atoms with E-state index in [9.17, 15) is 0 Å². The van der Waals surface area contributed by atoms with Crippen LogP contribution in [-0.2, 0) is 7.05 Å². The number of rotatable bonds is 0. The van der Waals surface area contributed by atoms with Crippen molar-refractivity contribution in [1.82, 2.24) is 9.78 Å². The average molecular weight is 176 g/mol. The molecule has 0 aliphatic heterocycles. The first-order valence-corrected chi connectivity index (χ1v) is 4.11. The van der Waals surface area contributed by atoms with Gasteiger partial charge in [-0.25, -0.2) is 0 Å². The molecular weight excluding hydrogens is 168 g/mol. The van der Waals surface area contributed by atoms with Crippen LogP contribution in [0.4, 0.5) is 0 Å². The molecule has 12 heavy (non-hydrogen) atoms. The van der Waals surface area contributed by atoms with Gasteiger partial charge >= 0.3 is 0 Å². The Balaban J connectivity index is 3.01. The summed E-state index contributed by atoms with van der Waals surface area (Å²) in [6.07, 6.45) is 1.82.